The van der Waals surface area contributed by atoms with Crippen molar-refractivity contribution in [2.45, 2.75) is 30.7 Å². The number of ether oxygens (including phenoxy) is 2. The van der Waals surface area contributed by atoms with Crippen LogP contribution in [0, 0.1) is 0 Å². The second-order valence-corrected chi connectivity index (χ2v) is 6.68. The Morgan fingerprint density at radius 2 is 1.86 bits per heavy atom. The van der Waals surface area contributed by atoms with Crippen LogP contribution in [0.25, 0.3) is 11.4 Å². The molecule has 0 fully saturated rings. The summed E-state index contributed by atoms with van der Waals surface area (Å²) >= 11 is 1.39. The molecule has 0 aliphatic heterocycles. The van der Waals surface area contributed by atoms with Gasteiger partial charge in [-0.3, -0.25) is 0 Å². The third kappa shape index (κ3) is 4.78. The van der Waals surface area contributed by atoms with Gasteiger partial charge in [0.1, 0.15) is 11.5 Å². The van der Waals surface area contributed by atoms with Gasteiger partial charge in [0.2, 0.25) is 0 Å². The lowest BCUT2D eigenvalue weighted by molar-refractivity contribution is -0.274. The van der Waals surface area contributed by atoms with E-state index in [9.17, 15) is 13.2 Å². The van der Waals surface area contributed by atoms with Gasteiger partial charge in [0.05, 0.1) is 12.7 Å². The van der Waals surface area contributed by atoms with Gasteiger partial charge in [-0.25, -0.2) is 0 Å². The maximum absolute atomic E-state index is 12.4. The smallest absolute Gasteiger partial charge is 0.496 e. The number of para-hydroxylation sites is 1. The molecule has 0 aliphatic rings. The van der Waals surface area contributed by atoms with Gasteiger partial charge in [-0.2, -0.15) is 0 Å². The molecule has 9 heteroatoms. The van der Waals surface area contributed by atoms with Crippen molar-refractivity contribution < 1.29 is 22.6 Å². The highest BCUT2D eigenvalue weighted by Crippen LogP contribution is 2.32. The number of thioether (sulfide) groups is 1. The van der Waals surface area contributed by atoms with Gasteiger partial charge in [-0.1, -0.05) is 36.0 Å². The Labute approximate surface area is 164 Å². The molecule has 0 aliphatic carbocycles. The summed E-state index contributed by atoms with van der Waals surface area (Å²) in [5.74, 6) is 1.56. The van der Waals surface area contributed by atoms with Crippen LogP contribution in [0.1, 0.15) is 12.5 Å². The molecular weight excluding hydrogens is 391 g/mol. The minimum Gasteiger partial charge on any atom is -0.496 e. The number of rotatable bonds is 7. The summed E-state index contributed by atoms with van der Waals surface area (Å²) in [5, 5.41) is 9.20. The van der Waals surface area contributed by atoms with Gasteiger partial charge in [0.15, 0.2) is 11.0 Å². The van der Waals surface area contributed by atoms with E-state index in [0.29, 0.717) is 34.6 Å². The summed E-state index contributed by atoms with van der Waals surface area (Å²) in [6.07, 6.45) is -4.71. The molecule has 5 nitrogen and oxygen atoms in total. The first-order valence-corrected chi connectivity index (χ1v) is 9.44. The fraction of sp³-hybridized carbons (Fsp3) is 0.263. The van der Waals surface area contributed by atoms with Crippen molar-refractivity contribution in [2.24, 2.45) is 0 Å². The molecule has 3 rings (SSSR count). The van der Waals surface area contributed by atoms with E-state index in [1.807, 2.05) is 35.8 Å². The Morgan fingerprint density at radius 1 is 1.07 bits per heavy atom. The molecule has 3 aromatic rings. The highest BCUT2D eigenvalue weighted by molar-refractivity contribution is 7.98. The lowest BCUT2D eigenvalue weighted by Crippen LogP contribution is -2.17. The lowest BCUT2D eigenvalue weighted by Gasteiger charge is -2.11. The molecular formula is C19H18F3N3O2S. The first-order valence-electron chi connectivity index (χ1n) is 8.45. The topological polar surface area (TPSA) is 49.2 Å². The first kappa shape index (κ1) is 20.1. The van der Waals surface area contributed by atoms with Crippen LogP contribution in [0.4, 0.5) is 13.2 Å². The Hall–Kier alpha value is -2.68. The van der Waals surface area contributed by atoms with Crippen LogP contribution in [-0.4, -0.2) is 28.2 Å². The highest BCUT2D eigenvalue weighted by Gasteiger charge is 2.31. The molecule has 0 N–H and O–H groups in total. The van der Waals surface area contributed by atoms with E-state index in [0.717, 1.165) is 5.56 Å². The lowest BCUT2D eigenvalue weighted by atomic mass is 10.2. The molecule has 2 aromatic carbocycles. The van der Waals surface area contributed by atoms with E-state index >= 15 is 0 Å². The van der Waals surface area contributed by atoms with Crippen molar-refractivity contribution >= 4 is 11.8 Å². The zero-order chi connectivity index (χ0) is 20.1. The van der Waals surface area contributed by atoms with Crippen LogP contribution >= 0.6 is 11.8 Å². The predicted octanol–water partition coefficient (Wildman–Crippen LogP) is 5.16. The molecule has 0 bridgehead atoms. The third-order valence-corrected chi connectivity index (χ3v) is 4.92. The molecule has 0 saturated carbocycles. The molecule has 1 heterocycles. The summed E-state index contributed by atoms with van der Waals surface area (Å²) in [7, 11) is 1.59. The summed E-state index contributed by atoms with van der Waals surface area (Å²) in [6, 6.07) is 13.4. The van der Waals surface area contributed by atoms with Gasteiger partial charge in [0.25, 0.3) is 0 Å². The molecule has 0 spiro atoms. The maximum atomic E-state index is 12.4. The fourth-order valence-electron chi connectivity index (χ4n) is 2.69. The quantitative estimate of drug-likeness (QED) is 0.504. The Bertz CT molecular complexity index is 944. The van der Waals surface area contributed by atoms with E-state index in [2.05, 4.69) is 14.9 Å². The van der Waals surface area contributed by atoms with E-state index < -0.39 is 6.36 Å². The third-order valence-electron chi connectivity index (χ3n) is 3.88. The molecule has 0 unspecified atom stereocenters. The number of benzene rings is 2. The monoisotopic (exact) mass is 409 g/mol. The average Bonchev–Trinajstić information content (AvgIpc) is 3.08. The molecule has 0 saturated heterocycles. The van der Waals surface area contributed by atoms with E-state index in [1.165, 1.54) is 30.0 Å². The van der Waals surface area contributed by atoms with Crippen LogP contribution in [0.2, 0.25) is 0 Å². The number of methoxy groups -OCH3 is 1. The number of halogens is 3. The molecule has 28 heavy (non-hydrogen) atoms. The number of alkyl halides is 3. The van der Waals surface area contributed by atoms with Gasteiger partial charge in [-0.05, 0) is 36.8 Å². The second kappa shape index (κ2) is 8.55. The summed E-state index contributed by atoms with van der Waals surface area (Å²) in [4.78, 5) is 0. The van der Waals surface area contributed by atoms with E-state index in [1.54, 1.807) is 13.2 Å². The first-order chi connectivity index (χ1) is 13.4. The van der Waals surface area contributed by atoms with Gasteiger partial charge < -0.3 is 14.0 Å². The minimum absolute atomic E-state index is 0.239. The number of aromatic nitrogens is 3. The van der Waals surface area contributed by atoms with Crippen LogP contribution in [0.5, 0.6) is 11.5 Å². The van der Waals surface area contributed by atoms with Crippen LogP contribution in [0.15, 0.2) is 53.7 Å². The van der Waals surface area contributed by atoms with Crippen molar-refractivity contribution in [1.82, 2.24) is 14.8 Å². The zero-order valence-electron chi connectivity index (χ0n) is 15.2. The normalized spacial score (nSPS) is 11.5. The SMILES string of the molecule is CCn1c(SCc2cccc(OC(F)(F)F)c2)nnc1-c1ccccc1OC. The fourth-order valence-corrected chi connectivity index (χ4v) is 3.63. The van der Waals surface area contributed by atoms with Crippen molar-refractivity contribution in [3.05, 3.63) is 54.1 Å². The minimum atomic E-state index is -4.71. The Balaban J connectivity index is 1.79. The van der Waals surface area contributed by atoms with Gasteiger partial charge >= 0.3 is 6.36 Å². The highest BCUT2D eigenvalue weighted by atomic mass is 32.2. The van der Waals surface area contributed by atoms with Crippen molar-refractivity contribution in [1.29, 1.82) is 0 Å². The molecule has 0 atom stereocenters. The predicted molar refractivity (Wildman–Crippen MR) is 100 cm³/mol. The standard InChI is InChI=1S/C19H18F3N3O2S/c1-3-25-17(15-9-4-5-10-16(15)26-2)23-24-18(25)28-12-13-7-6-8-14(11-13)27-19(20,21)22/h4-11H,3,12H2,1-2H3. The largest absolute Gasteiger partial charge is 0.573 e. The van der Waals surface area contributed by atoms with Gasteiger partial charge in [0, 0.05) is 12.3 Å². The Kier molecular flexibility index (Phi) is 6.13. The molecule has 1 aromatic heterocycles. The zero-order valence-corrected chi connectivity index (χ0v) is 16.0. The number of hydrogen-bond donors (Lipinski definition) is 0. The maximum Gasteiger partial charge on any atom is 0.573 e. The molecule has 148 valence electrons. The van der Waals surface area contributed by atoms with E-state index in [-0.39, 0.29) is 5.75 Å². The Morgan fingerprint density at radius 3 is 2.57 bits per heavy atom. The average molecular weight is 409 g/mol. The van der Waals surface area contributed by atoms with E-state index in [4.69, 9.17) is 4.74 Å². The second-order valence-electron chi connectivity index (χ2n) is 5.73. The van der Waals surface area contributed by atoms with Crippen molar-refractivity contribution in [3.8, 4) is 22.9 Å². The van der Waals surface area contributed by atoms with Crippen molar-refractivity contribution in [3.63, 3.8) is 0 Å². The summed E-state index contributed by atoms with van der Waals surface area (Å²) in [6.45, 7) is 2.62. The number of nitrogens with zero attached hydrogens (tertiary/aromatic N) is 3. The van der Waals surface area contributed by atoms with Gasteiger partial charge in [-0.15, -0.1) is 23.4 Å². The van der Waals surface area contributed by atoms with Crippen LogP contribution in [0.3, 0.4) is 0 Å². The van der Waals surface area contributed by atoms with Crippen molar-refractivity contribution in [2.75, 3.05) is 7.11 Å². The van der Waals surface area contributed by atoms with Crippen LogP contribution < -0.4 is 9.47 Å². The summed E-state index contributed by atoms with van der Waals surface area (Å²) < 4.78 is 48.5. The summed E-state index contributed by atoms with van der Waals surface area (Å²) in [5.41, 5.74) is 1.52. The molecule has 0 radical (unpaired) electrons. The van der Waals surface area contributed by atoms with Crippen LogP contribution in [-0.2, 0) is 12.3 Å². The molecule has 0 amide bonds. The number of hydrogen-bond acceptors (Lipinski definition) is 5.